The Kier molecular flexibility index (Phi) is 6.89. The highest BCUT2D eigenvalue weighted by Crippen LogP contribution is 2.19. The molecule has 2 N–H and O–H groups in total. The van der Waals surface area contributed by atoms with Gasteiger partial charge in [0.2, 0.25) is 0 Å². The Morgan fingerprint density at radius 1 is 1.23 bits per heavy atom. The Morgan fingerprint density at radius 3 is 2.65 bits per heavy atom. The number of thiazole rings is 1. The number of nitrogens with zero attached hydrogens (tertiary/aromatic N) is 3. The molecule has 140 valence electrons. The molecule has 0 aliphatic carbocycles. The monoisotopic (exact) mass is 371 g/mol. The van der Waals surface area contributed by atoms with Gasteiger partial charge in [0.1, 0.15) is 5.01 Å². The van der Waals surface area contributed by atoms with Gasteiger partial charge in [-0.1, -0.05) is 25.1 Å². The summed E-state index contributed by atoms with van der Waals surface area (Å²) in [7, 11) is 0. The van der Waals surface area contributed by atoms with E-state index in [1.54, 1.807) is 11.3 Å². The average Bonchev–Trinajstić information content (AvgIpc) is 3.16. The van der Waals surface area contributed by atoms with E-state index in [9.17, 15) is 0 Å². The van der Waals surface area contributed by atoms with E-state index in [1.807, 2.05) is 6.20 Å². The predicted octanol–water partition coefficient (Wildman–Crippen LogP) is 3.43. The molecule has 2 aromatic rings. The topological polar surface area (TPSA) is 52.6 Å². The number of benzene rings is 1. The minimum atomic E-state index is 0.468. The molecule has 6 heteroatoms. The van der Waals surface area contributed by atoms with Gasteiger partial charge in [0.25, 0.3) is 0 Å². The molecule has 0 atom stereocenters. The number of aliphatic imine (C=N–C) groups is 1. The maximum Gasteiger partial charge on any atom is 0.191 e. The highest BCUT2D eigenvalue weighted by molar-refractivity contribution is 7.11. The van der Waals surface area contributed by atoms with Gasteiger partial charge < -0.3 is 15.5 Å². The Morgan fingerprint density at radius 2 is 2.00 bits per heavy atom. The van der Waals surface area contributed by atoms with E-state index in [0.29, 0.717) is 12.6 Å². The van der Waals surface area contributed by atoms with Gasteiger partial charge in [0, 0.05) is 42.4 Å². The third-order valence-electron chi connectivity index (χ3n) is 4.62. The fraction of sp³-hybridized carbons (Fsp3) is 0.500. The van der Waals surface area contributed by atoms with E-state index in [2.05, 4.69) is 64.7 Å². The summed E-state index contributed by atoms with van der Waals surface area (Å²) in [5.41, 5.74) is 1.32. The zero-order valence-electron chi connectivity index (χ0n) is 15.7. The van der Waals surface area contributed by atoms with Crippen LogP contribution in [0.25, 0.3) is 0 Å². The molecule has 0 saturated carbocycles. The fourth-order valence-corrected chi connectivity index (χ4v) is 3.95. The van der Waals surface area contributed by atoms with E-state index < -0.39 is 0 Å². The summed E-state index contributed by atoms with van der Waals surface area (Å²) in [6, 6.07) is 11.1. The van der Waals surface area contributed by atoms with Gasteiger partial charge in [-0.05, 0) is 38.3 Å². The van der Waals surface area contributed by atoms with Gasteiger partial charge in [-0.2, -0.15) is 0 Å². The molecule has 1 aromatic heterocycles. The van der Waals surface area contributed by atoms with E-state index in [-0.39, 0.29) is 0 Å². The first-order valence-electron chi connectivity index (χ1n) is 9.57. The molecule has 0 radical (unpaired) electrons. The van der Waals surface area contributed by atoms with Crippen LogP contribution in [0.1, 0.15) is 36.6 Å². The molecule has 0 unspecified atom stereocenters. The van der Waals surface area contributed by atoms with Crippen LogP contribution in [-0.2, 0) is 13.0 Å². The molecule has 1 fully saturated rings. The van der Waals surface area contributed by atoms with Crippen LogP contribution in [0.15, 0.2) is 41.5 Å². The number of nitrogens with one attached hydrogen (secondary N) is 2. The van der Waals surface area contributed by atoms with Crippen LogP contribution < -0.4 is 15.5 Å². The van der Waals surface area contributed by atoms with Crippen molar-refractivity contribution in [3.8, 4) is 0 Å². The zero-order chi connectivity index (χ0) is 18.2. The summed E-state index contributed by atoms with van der Waals surface area (Å²) < 4.78 is 0. The minimum Gasteiger partial charge on any atom is -0.371 e. The average molecular weight is 372 g/mol. The van der Waals surface area contributed by atoms with Gasteiger partial charge in [0.05, 0.1) is 6.54 Å². The van der Waals surface area contributed by atoms with Crippen molar-refractivity contribution in [1.82, 2.24) is 15.6 Å². The van der Waals surface area contributed by atoms with Crippen LogP contribution in [0, 0.1) is 0 Å². The van der Waals surface area contributed by atoms with Crippen LogP contribution in [0.4, 0.5) is 5.69 Å². The molecule has 3 rings (SSSR count). The minimum absolute atomic E-state index is 0.468. The predicted molar refractivity (Wildman–Crippen MR) is 111 cm³/mol. The van der Waals surface area contributed by atoms with Gasteiger partial charge in [-0.15, -0.1) is 11.3 Å². The lowest BCUT2D eigenvalue weighted by atomic mass is 10.0. The summed E-state index contributed by atoms with van der Waals surface area (Å²) in [6.07, 6.45) is 5.25. The summed E-state index contributed by atoms with van der Waals surface area (Å²) in [4.78, 5) is 13.0. The zero-order valence-corrected chi connectivity index (χ0v) is 16.6. The van der Waals surface area contributed by atoms with Gasteiger partial charge in [-0.25, -0.2) is 9.98 Å². The van der Waals surface area contributed by atoms with E-state index in [1.165, 1.54) is 10.6 Å². The molecule has 26 heavy (non-hydrogen) atoms. The van der Waals surface area contributed by atoms with Crippen LogP contribution in [0.3, 0.4) is 0 Å². The molecule has 1 aliphatic heterocycles. The lowest BCUT2D eigenvalue weighted by molar-refractivity contribution is 0.461. The van der Waals surface area contributed by atoms with Gasteiger partial charge in [0.15, 0.2) is 5.96 Å². The highest BCUT2D eigenvalue weighted by atomic mass is 32.1. The Labute approximate surface area is 160 Å². The molecular formula is C20H29N5S. The molecule has 5 nitrogen and oxygen atoms in total. The summed E-state index contributed by atoms with van der Waals surface area (Å²) in [5, 5.41) is 8.06. The number of piperidine rings is 1. The fourth-order valence-electron chi connectivity index (χ4n) is 3.17. The SMILES string of the molecule is CCNC(=NCc1ncc(CC)s1)NC1CCN(c2ccccc2)CC1. The van der Waals surface area contributed by atoms with Crippen molar-refractivity contribution >= 4 is 23.0 Å². The molecule has 1 aliphatic rings. The largest absolute Gasteiger partial charge is 0.371 e. The molecule has 0 bridgehead atoms. The first-order valence-corrected chi connectivity index (χ1v) is 10.4. The van der Waals surface area contributed by atoms with E-state index >= 15 is 0 Å². The van der Waals surface area contributed by atoms with Crippen molar-refractivity contribution in [2.24, 2.45) is 4.99 Å². The number of aryl methyl sites for hydroxylation is 1. The number of anilines is 1. The van der Waals surface area contributed by atoms with Gasteiger partial charge in [-0.3, -0.25) is 0 Å². The molecule has 0 spiro atoms. The maximum atomic E-state index is 4.73. The maximum absolute atomic E-state index is 4.73. The van der Waals surface area contributed by atoms with Crippen molar-refractivity contribution in [2.45, 2.75) is 45.7 Å². The Balaban J connectivity index is 1.52. The molecule has 0 amide bonds. The lowest BCUT2D eigenvalue weighted by Gasteiger charge is -2.34. The number of rotatable bonds is 6. The molecule has 2 heterocycles. The number of hydrogen-bond acceptors (Lipinski definition) is 4. The third kappa shape index (κ3) is 5.21. The highest BCUT2D eigenvalue weighted by Gasteiger charge is 2.20. The standard InChI is InChI=1S/C20H29N5S/c1-3-18-14-22-19(26-18)15-23-20(21-4-2)24-16-10-12-25(13-11-16)17-8-6-5-7-9-17/h5-9,14,16H,3-4,10-13,15H2,1-2H3,(H2,21,23,24). The number of para-hydroxylation sites is 1. The van der Waals surface area contributed by atoms with Crippen LogP contribution in [0.2, 0.25) is 0 Å². The normalized spacial score (nSPS) is 15.9. The van der Waals surface area contributed by atoms with Crippen molar-refractivity contribution in [3.05, 3.63) is 46.4 Å². The summed E-state index contributed by atoms with van der Waals surface area (Å²) >= 11 is 1.76. The summed E-state index contributed by atoms with van der Waals surface area (Å²) in [6.45, 7) is 7.93. The van der Waals surface area contributed by atoms with Crippen LogP contribution in [0.5, 0.6) is 0 Å². The first-order chi connectivity index (χ1) is 12.8. The van der Waals surface area contributed by atoms with Crippen LogP contribution >= 0.6 is 11.3 Å². The smallest absolute Gasteiger partial charge is 0.191 e. The Hall–Kier alpha value is -2.08. The second-order valence-corrected chi connectivity index (χ2v) is 7.71. The van der Waals surface area contributed by atoms with E-state index in [0.717, 1.165) is 49.9 Å². The second-order valence-electron chi connectivity index (χ2n) is 6.51. The van der Waals surface area contributed by atoms with Crippen molar-refractivity contribution in [2.75, 3.05) is 24.5 Å². The van der Waals surface area contributed by atoms with Gasteiger partial charge >= 0.3 is 0 Å². The number of hydrogen-bond donors (Lipinski definition) is 2. The quantitative estimate of drug-likeness (QED) is 0.603. The molecule has 1 saturated heterocycles. The third-order valence-corrected chi connectivity index (χ3v) is 5.75. The van der Waals surface area contributed by atoms with Crippen molar-refractivity contribution in [1.29, 1.82) is 0 Å². The number of guanidine groups is 1. The van der Waals surface area contributed by atoms with Crippen molar-refractivity contribution in [3.63, 3.8) is 0 Å². The summed E-state index contributed by atoms with van der Waals surface area (Å²) in [5.74, 6) is 0.902. The van der Waals surface area contributed by atoms with E-state index in [4.69, 9.17) is 4.99 Å². The van der Waals surface area contributed by atoms with Crippen molar-refractivity contribution < 1.29 is 0 Å². The molecular weight excluding hydrogens is 342 g/mol. The lowest BCUT2D eigenvalue weighted by Crippen LogP contribution is -2.48. The second kappa shape index (κ2) is 9.57. The van der Waals surface area contributed by atoms with Crippen LogP contribution in [-0.4, -0.2) is 36.6 Å². The number of aromatic nitrogens is 1. The first kappa shape index (κ1) is 18.7. The molecule has 1 aromatic carbocycles. The Bertz CT molecular complexity index is 689.